The number of nitrogens with one attached hydrogen (secondary N) is 1. The molecule has 0 bridgehead atoms. The molecule has 0 aliphatic carbocycles. The van der Waals surface area contributed by atoms with E-state index in [0.29, 0.717) is 37.2 Å². The lowest BCUT2D eigenvalue weighted by molar-refractivity contribution is -0.116. The van der Waals surface area contributed by atoms with Gasteiger partial charge in [0, 0.05) is 12.1 Å². The Bertz CT molecular complexity index is 803. The lowest BCUT2D eigenvalue weighted by atomic mass is 10.1. The number of rotatable bonds is 8. The van der Waals surface area contributed by atoms with Crippen molar-refractivity contribution >= 4 is 11.6 Å². The van der Waals surface area contributed by atoms with Crippen LogP contribution in [0.4, 0.5) is 5.69 Å². The van der Waals surface area contributed by atoms with E-state index in [1.54, 1.807) is 0 Å². The van der Waals surface area contributed by atoms with Crippen LogP contribution in [0.3, 0.4) is 0 Å². The number of amides is 1. The zero-order valence-electron chi connectivity index (χ0n) is 15.9. The fraction of sp³-hybridized carbons (Fsp3) is 0.450. The first-order valence-corrected chi connectivity index (χ1v) is 8.87. The summed E-state index contributed by atoms with van der Waals surface area (Å²) in [6.45, 7) is 8.41. The normalized spacial score (nSPS) is 10.6. The van der Waals surface area contributed by atoms with Gasteiger partial charge < -0.3 is 10.1 Å². The van der Waals surface area contributed by atoms with Crippen molar-refractivity contribution < 1.29 is 9.53 Å². The highest BCUT2D eigenvalue weighted by Gasteiger charge is 2.14. The van der Waals surface area contributed by atoms with E-state index in [0.717, 1.165) is 17.0 Å². The summed E-state index contributed by atoms with van der Waals surface area (Å²) >= 11 is 0. The predicted molar refractivity (Wildman–Crippen MR) is 101 cm³/mol. The molecule has 2 aromatic rings. The van der Waals surface area contributed by atoms with Gasteiger partial charge in [-0.05, 0) is 51.8 Å². The van der Waals surface area contributed by atoms with Gasteiger partial charge in [0.25, 0.3) is 0 Å². The number of nitrogens with zero attached hydrogens (tertiary/aromatic N) is 3. The zero-order chi connectivity index (χ0) is 19.1. The van der Waals surface area contributed by atoms with Gasteiger partial charge in [0.15, 0.2) is 0 Å². The van der Waals surface area contributed by atoms with Crippen molar-refractivity contribution in [3.8, 4) is 11.8 Å². The summed E-state index contributed by atoms with van der Waals surface area (Å²) in [4.78, 5) is 12.4. The lowest BCUT2D eigenvalue weighted by Crippen LogP contribution is -2.15. The molecule has 0 saturated carbocycles. The zero-order valence-corrected chi connectivity index (χ0v) is 15.9. The van der Waals surface area contributed by atoms with E-state index >= 15 is 0 Å². The van der Waals surface area contributed by atoms with Crippen molar-refractivity contribution in [3.63, 3.8) is 0 Å². The maximum Gasteiger partial charge on any atom is 0.224 e. The van der Waals surface area contributed by atoms with E-state index in [4.69, 9.17) is 10.00 Å². The molecular weight excluding hydrogens is 328 g/mol. The third-order valence-corrected chi connectivity index (χ3v) is 4.09. The number of aryl methyl sites for hydroxylation is 2. The first-order chi connectivity index (χ1) is 12.4. The summed E-state index contributed by atoms with van der Waals surface area (Å²) in [5.74, 6) is 0.612. The summed E-state index contributed by atoms with van der Waals surface area (Å²) in [7, 11) is 0. The van der Waals surface area contributed by atoms with Gasteiger partial charge in [-0.15, -0.1) is 0 Å². The van der Waals surface area contributed by atoms with Gasteiger partial charge in [-0.1, -0.05) is 12.1 Å². The Labute approximate surface area is 154 Å². The van der Waals surface area contributed by atoms with Crippen molar-refractivity contribution in [1.29, 1.82) is 5.26 Å². The largest absolute Gasteiger partial charge is 0.489 e. The van der Waals surface area contributed by atoms with Gasteiger partial charge in [-0.2, -0.15) is 10.4 Å². The molecule has 1 N–H and O–H groups in total. The quantitative estimate of drug-likeness (QED) is 0.782. The van der Waals surface area contributed by atoms with E-state index in [9.17, 15) is 4.79 Å². The third kappa shape index (κ3) is 5.09. The van der Waals surface area contributed by atoms with Crippen molar-refractivity contribution in [2.45, 2.75) is 59.6 Å². The number of hydrogen-bond donors (Lipinski definition) is 1. The summed E-state index contributed by atoms with van der Waals surface area (Å²) < 4.78 is 7.58. The predicted octanol–water partition coefficient (Wildman–Crippen LogP) is 3.77. The first-order valence-electron chi connectivity index (χ1n) is 8.87. The van der Waals surface area contributed by atoms with Crippen LogP contribution in [0.15, 0.2) is 24.3 Å². The molecule has 6 nitrogen and oxygen atoms in total. The molecule has 2 rings (SSSR count). The number of carbonyl (C=O) groups excluding carboxylic acids is 1. The summed E-state index contributed by atoms with van der Waals surface area (Å²) in [6.07, 6.45) is 1.44. The molecule has 0 saturated heterocycles. The van der Waals surface area contributed by atoms with E-state index in [2.05, 4.69) is 16.5 Å². The van der Waals surface area contributed by atoms with Crippen LogP contribution in [-0.4, -0.2) is 21.8 Å². The number of benzene rings is 1. The number of para-hydroxylation sites is 2. The Morgan fingerprint density at radius 2 is 2.08 bits per heavy atom. The fourth-order valence-electron chi connectivity index (χ4n) is 2.85. The molecule has 0 fully saturated rings. The molecule has 1 aromatic carbocycles. The van der Waals surface area contributed by atoms with Crippen molar-refractivity contribution in [2.75, 3.05) is 5.32 Å². The van der Waals surface area contributed by atoms with Crippen LogP contribution in [0, 0.1) is 25.2 Å². The second-order valence-electron chi connectivity index (χ2n) is 6.49. The van der Waals surface area contributed by atoms with Crippen molar-refractivity contribution in [3.05, 3.63) is 41.2 Å². The third-order valence-electron chi connectivity index (χ3n) is 4.09. The highest BCUT2D eigenvalue weighted by Crippen LogP contribution is 2.25. The molecule has 138 valence electrons. The second-order valence-corrected chi connectivity index (χ2v) is 6.49. The van der Waals surface area contributed by atoms with E-state index in [1.807, 2.05) is 56.6 Å². The van der Waals surface area contributed by atoms with Gasteiger partial charge in [-0.3, -0.25) is 9.48 Å². The number of nitriles is 1. The molecular formula is C20H26N4O2. The number of aromatic nitrogens is 2. The smallest absolute Gasteiger partial charge is 0.224 e. The Morgan fingerprint density at radius 1 is 1.35 bits per heavy atom. The SMILES string of the molecule is Cc1nn(CCC#N)c(C)c1CCC(=O)Nc1ccccc1OC(C)C. The molecule has 6 heteroatoms. The highest BCUT2D eigenvalue weighted by atomic mass is 16.5. The molecule has 1 heterocycles. The minimum atomic E-state index is -0.0617. The number of hydrogen-bond acceptors (Lipinski definition) is 4. The number of carbonyl (C=O) groups is 1. The Balaban J connectivity index is 2.00. The fourth-order valence-corrected chi connectivity index (χ4v) is 2.85. The van der Waals surface area contributed by atoms with Crippen molar-refractivity contribution in [2.24, 2.45) is 0 Å². The van der Waals surface area contributed by atoms with Crippen LogP contribution in [0.25, 0.3) is 0 Å². The van der Waals surface area contributed by atoms with Gasteiger partial charge in [0.2, 0.25) is 5.91 Å². The number of anilines is 1. The van der Waals surface area contributed by atoms with E-state index < -0.39 is 0 Å². The maximum atomic E-state index is 12.4. The van der Waals surface area contributed by atoms with Crippen molar-refractivity contribution in [1.82, 2.24) is 9.78 Å². The van der Waals surface area contributed by atoms with E-state index in [1.165, 1.54) is 0 Å². The average Bonchev–Trinajstić information content (AvgIpc) is 2.86. The molecule has 0 radical (unpaired) electrons. The molecule has 0 aliphatic heterocycles. The average molecular weight is 354 g/mol. The molecule has 0 atom stereocenters. The molecule has 0 aliphatic rings. The molecule has 26 heavy (non-hydrogen) atoms. The minimum Gasteiger partial charge on any atom is -0.489 e. The molecule has 0 unspecified atom stereocenters. The van der Waals surface area contributed by atoms with Crippen LogP contribution >= 0.6 is 0 Å². The van der Waals surface area contributed by atoms with Crippen LogP contribution < -0.4 is 10.1 Å². The standard InChI is InChI=1S/C20H26N4O2/c1-14(2)26-19-9-6-5-8-18(19)22-20(25)11-10-17-15(3)23-24(16(17)4)13-7-12-21/h5-6,8-9,14H,7,10-11,13H2,1-4H3,(H,22,25). The van der Waals surface area contributed by atoms with Gasteiger partial charge in [0.1, 0.15) is 5.75 Å². The van der Waals surface area contributed by atoms with Crippen LogP contribution in [0.1, 0.15) is 43.6 Å². The van der Waals surface area contributed by atoms with Crippen LogP contribution in [0.5, 0.6) is 5.75 Å². The van der Waals surface area contributed by atoms with Gasteiger partial charge in [0.05, 0.1) is 36.5 Å². The summed E-state index contributed by atoms with van der Waals surface area (Å²) in [5.41, 5.74) is 3.69. The Kier molecular flexibility index (Phi) is 6.79. The summed E-state index contributed by atoms with van der Waals surface area (Å²) in [6, 6.07) is 9.58. The maximum absolute atomic E-state index is 12.4. The minimum absolute atomic E-state index is 0.0394. The van der Waals surface area contributed by atoms with E-state index in [-0.39, 0.29) is 12.0 Å². The monoisotopic (exact) mass is 354 g/mol. The van der Waals surface area contributed by atoms with Gasteiger partial charge >= 0.3 is 0 Å². The Morgan fingerprint density at radius 3 is 2.77 bits per heavy atom. The topological polar surface area (TPSA) is 79.9 Å². The lowest BCUT2D eigenvalue weighted by Gasteiger charge is -2.14. The van der Waals surface area contributed by atoms with Crippen LogP contribution in [-0.2, 0) is 17.8 Å². The molecule has 0 spiro atoms. The number of ether oxygens (including phenoxy) is 1. The molecule has 1 aromatic heterocycles. The first kappa shape index (κ1) is 19.5. The Hall–Kier alpha value is -2.81. The summed E-state index contributed by atoms with van der Waals surface area (Å²) in [5, 5.41) is 16.1. The molecule has 1 amide bonds. The van der Waals surface area contributed by atoms with Crippen LogP contribution in [0.2, 0.25) is 0 Å². The second kappa shape index (κ2) is 9.04. The van der Waals surface area contributed by atoms with Gasteiger partial charge in [-0.25, -0.2) is 0 Å². The highest BCUT2D eigenvalue weighted by molar-refractivity contribution is 5.92.